The number of rotatable bonds is 7. The number of amides is 2. The molecule has 0 aromatic heterocycles. The van der Waals surface area contributed by atoms with Gasteiger partial charge in [0, 0.05) is 17.1 Å². The molecule has 0 heterocycles. The Morgan fingerprint density at radius 3 is 2.50 bits per heavy atom. The summed E-state index contributed by atoms with van der Waals surface area (Å²) in [5, 5.41) is 2.77. The van der Waals surface area contributed by atoms with Gasteiger partial charge in [-0.25, -0.2) is 0 Å². The Kier molecular flexibility index (Phi) is 7.41. The van der Waals surface area contributed by atoms with Crippen molar-refractivity contribution in [2.75, 3.05) is 25.5 Å². The molecular formula is C20H21BrN2O3. The van der Waals surface area contributed by atoms with Gasteiger partial charge < -0.3 is 15.0 Å². The number of hydrogen-bond acceptors (Lipinski definition) is 3. The van der Waals surface area contributed by atoms with Gasteiger partial charge in [-0.2, -0.15) is 0 Å². The molecule has 0 aliphatic carbocycles. The lowest BCUT2D eigenvalue weighted by Gasteiger charge is -2.19. The maximum absolute atomic E-state index is 12.4. The Morgan fingerprint density at radius 1 is 1.15 bits per heavy atom. The smallest absolute Gasteiger partial charge is 0.247 e. The van der Waals surface area contributed by atoms with E-state index >= 15 is 0 Å². The van der Waals surface area contributed by atoms with E-state index in [4.69, 9.17) is 4.74 Å². The molecule has 2 aromatic rings. The molecule has 0 aliphatic heterocycles. The van der Waals surface area contributed by atoms with Gasteiger partial charge in [-0.1, -0.05) is 40.2 Å². The van der Waals surface area contributed by atoms with E-state index in [0.717, 1.165) is 10.0 Å². The minimum atomic E-state index is -0.276. The monoisotopic (exact) mass is 416 g/mol. The second kappa shape index (κ2) is 9.77. The normalized spacial score (nSPS) is 10.6. The summed E-state index contributed by atoms with van der Waals surface area (Å²) in [6, 6.07) is 14.8. The summed E-state index contributed by atoms with van der Waals surface area (Å²) in [4.78, 5) is 26.1. The Morgan fingerprint density at radius 2 is 1.85 bits per heavy atom. The second-order valence-corrected chi connectivity index (χ2v) is 6.40. The van der Waals surface area contributed by atoms with E-state index in [0.29, 0.717) is 18.0 Å². The Labute approximate surface area is 161 Å². The van der Waals surface area contributed by atoms with Crippen LogP contribution < -0.4 is 10.1 Å². The molecule has 0 saturated carbocycles. The number of nitrogens with one attached hydrogen (secondary N) is 1. The van der Waals surface area contributed by atoms with Crippen LogP contribution >= 0.6 is 15.9 Å². The number of hydrogen-bond donors (Lipinski definition) is 1. The maximum atomic E-state index is 12.4. The molecule has 1 N–H and O–H groups in total. The summed E-state index contributed by atoms with van der Waals surface area (Å²) < 4.78 is 6.19. The number of likely N-dealkylation sites (N-methyl/N-ethyl adjacent to an activating group) is 1. The predicted octanol–water partition coefficient (Wildman–Crippen LogP) is 3.96. The Balaban J connectivity index is 1.97. The van der Waals surface area contributed by atoms with Crippen molar-refractivity contribution >= 4 is 39.5 Å². The van der Waals surface area contributed by atoms with Crippen LogP contribution in [0.5, 0.6) is 5.75 Å². The molecule has 0 saturated heterocycles. The summed E-state index contributed by atoms with van der Waals surface area (Å²) in [5.41, 5.74) is 1.49. The second-order valence-electron chi connectivity index (χ2n) is 5.49. The van der Waals surface area contributed by atoms with Crippen molar-refractivity contribution in [3.05, 3.63) is 64.6 Å². The first kappa shape index (κ1) is 19.7. The fraction of sp³-hybridized carbons (Fsp3) is 0.200. The van der Waals surface area contributed by atoms with Crippen molar-refractivity contribution in [1.82, 2.24) is 4.90 Å². The molecular weight excluding hydrogens is 396 g/mol. The largest absolute Gasteiger partial charge is 0.495 e. The van der Waals surface area contributed by atoms with Gasteiger partial charge in [-0.15, -0.1) is 0 Å². The van der Waals surface area contributed by atoms with E-state index in [1.807, 2.05) is 43.3 Å². The van der Waals surface area contributed by atoms with Crippen LogP contribution in [0.3, 0.4) is 0 Å². The average molecular weight is 417 g/mol. The molecule has 0 spiro atoms. The zero-order chi connectivity index (χ0) is 18.9. The molecule has 0 aliphatic rings. The van der Waals surface area contributed by atoms with Gasteiger partial charge in [-0.05, 0) is 42.8 Å². The third-order valence-corrected chi connectivity index (χ3v) is 4.23. The fourth-order valence-corrected chi connectivity index (χ4v) is 2.57. The number of nitrogens with zero attached hydrogens (tertiary/aromatic N) is 1. The third kappa shape index (κ3) is 5.74. The van der Waals surface area contributed by atoms with Crippen LogP contribution in [0.1, 0.15) is 12.5 Å². The lowest BCUT2D eigenvalue weighted by molar-refractivity contribution is -0.130. The van der Waals surface area contributed by atoms with E-state index in [1.54, 1.807) is 25.3 Å². The number of methoxy groups -OCH3 is 1. The predicted molar refractivity (Wildman–Crippen MR) is 107 cm³/mol. The molecule has 136 valence electrons. The van der Waals surface area contributed by atoms with Gasteiger partial charge in [0.1, 0.15) is 12.3 Å². The summed E-state index contributed by atoms with van der Waals surface area (Å²) >= 11 is 3.37. The highest BCUT2D eigenvalue weighted by atomic mass is 79.9. The van der Waals surface area contributed by atoms with E-state index < -0.39 is 0 Å². The average Bonchev–Trinajstić information content (AvgIpc) is 2.65. The first-order chi connectivity index (χ1) is 12.5. The Hall–Kier alpha value is -2.60. The minimum absolute atomic E-state index is 0.0297. The van der Waals surface area contributed by atoms with Crippen LogP contribution in [-0.4, -0.2) is 36.9 Å². The highest BCUT2D eigenvalue weighted by Gasteiger charge is 2.14. The number of benzene rings is 2. The molecule has 2 rings (SSSR count). The van der Waals surface area contributed by atoms with Gasteiger partial charge in [0.05, 0.1) is 12.8 Å². The molecule has 0 bridgehead atoms. The third-order valence-electron chi connectivity index (χ3n) is 3.70. The summed E-state index contributed by atoms with van der Waals surface area (Å²) in [6.07, 6.45) is 3.21. The molecule has 0 fully saturated rings. The summed E-state index contributed by atoms with van der Waals surface area (Å²) in [5.74, 6) is 0.0812. The lowest BCUT2D eigenvalue weighted by atomic mass is 10.2. The molecule has 6 heteroatoms. The van der Waals surface area contributed by atoms with Crippen molar-refractivity contribution in [3.63, 3.8) is 0 Å². The molecule has 0 unspecified atom stereocenters. The van der Waals surface area contributed by atoms with Crippen LogP contribution in [0.15, 0.2) is 59.1 Å². The lowest BCUT2D eigenvalue weighted by Crippen LogP contribution is -2.36. The summed E-state index contributed by atoms with van der Waals surface area (Å²) in [7, 11) is 1.54. The van der Waals surface area contributed by atoms with Crippen molar-refractivity contribution in [2.45, 2.75) is 6.92 Å². The zero-order valence-corrected chi connectivity index (χ0v) is 16.3. The highest BCUT2D eigenvalue weighted by Crippen LogP contribution is 2.22. The zero-order valence-electron chi connectivity index (χ0n) is 14.7. The first-order valence-electron chi connectivity index (χ1n) is 8.19. The van der Waals surface area contributed by atoms with E-state index in [9.17, 15) is 9.59 Å². The number of ether oxygens (including phenoxy) is 1. The standard InChI is InChI=1S/C20H21BrN2O3/c1-3-23(20(25)13-10-15-8-11-16(21)12-9-15)14-19(24)22-17-6-4-5-7-18(17)26-2/h4-13H,3,14H2,1-2H3,(H,22,24)/b13-10+. The SMILES string of the molecule is CCN(CC(=O)Nc1ccccc1OC)C(=O)/C=C/c1ccc(Br)cc1. The van der Waals surface area contributed by atoms with Crippen LogP contribution in [0.2, 0.25) is 0 Å². The molecule has 5 nitrogen and oxygen atoms in total. The summed E-state index contributed by atoms with van der Waals surface area (Å²) in [6.45, 7) is 2.24. The van der Waals surface area contributed by atoms with Gasteiger partial charge in [0.2, 0.25) is 11.8 Å². The molecule has 26 heavy (non-hydrogen) atoms. The Bertz CT molecular complexity index is 788. The van der Waals surface area contributed by atoms with Crippen LogP contribution in [0.25, 0.3) is 6.08 Å². The van der Waals surface area contributed by atoms with Gasteiger partial charge in [0.15, 0.2) is 0 Å². The number of carbonyl (C=O) groups is 2. The first-order valence-corrected chi connectivity index (χ1v) is 8.98. The molecule has 0 radical (unpaired) electrons. The van der Waals surface area contributed by atoms with Crippen molar-refractivity contribution in [2.24, 2.45) is 0 Å². The van der Waals surface area contributed by atoms with Gasteiger partial charge in [-0.3, -0.25) is 9.59 Å². The topological polar surface area (TPSA) is 58.6 Å². The van der Waals surface area contributed by atoms with Gasteiger partial charge >= 0.3 is 0 Å². The maximum Gasteiger partial charge on any atom is 0.247 e. The van der Waals surface area contributed by atoms with Crippen LogP contribution in [-0.2, 0) is 9.59 Å². The van der Waals surface area contributed by atoms with Crippen LogP contribution in [0, 0.1) is 0 Å². The van der Waals surface area contributed by atoms with E-state index in [-0.39, 0.29) is 18.4 Å². The number of halogens is 1. The fourth-order valence-electron chi connectivity index (χ4n) is 2.30. The van der Waals surface area contributed by atoms with Gasteiger partial charge in [0.25, 0.3) is 0 Å². The molecule has 2 aromatic carbocycles. The minimum Gasteiger partial charge on any atom is -0.495 e. The van der Waals surface area contributed by atoms with Crippen molar-refractivity contribution in [1.29, 1.82) is 0 Å². The van der Waals surface area contributed by atoms with E-state index in [1.165, 1.54) is 11.0 Å². The number of carbonyl (C=O) groups excluding carboxylic acids is 2. The quantitative estimate of drug-likeness (QED) is 0.694. The van der Waals surface area contributed by atoms with Crippen LogP contribution in [0.4, 0.5) is 5.69 Å². The molecule has 2 amide bonds. The molecule has 0 atom stereocenters. The number of anilines is 1. The van der Waals surface area contributed by atoms with Crippen molar-refractivity contribution < 1.29 is 14.3 Å². The number of para-hydroxylation sites is 2. The van der Waals surface area contributed by atoms with E-state index in [2.05, 4.69) is 21.2 Å². The van der Waals surface area contributed by atoms with Crippen molar-refractivity contribution in [3.8, 4) is 5.75 Å². The highest BCUT2D eigenvalue weighted by molar-refractivity contribution is 9.10.